The van der Waals surface area contributed by atoms with Gasteiger partial charge in [-0.3, -0.25) is 14.2 Å². The predicted octanol–water partition coefficient (Wildman–Crippen LogP) is 3.03. The summed E-state index contributed by atoms with van der Waals surface area (Å²) >= 11 is 1.46. The van der Waals surface area contributed by atoms with E-state index in [4.69, 9.17) is 0 Å². The van der Waals surface area contributed by atoms with E-state index in [1.54, 1.807) is 17.0 Å². The first-order valence-electron chi connectivity index (χ1n) is 8.35. The van der Waals surface area contributed by atoms with Crippen LogP contribution >= 0.6 is 11.3 Å². The Bertz CT molecular complexity index is 729. The van der Waals surface area contributed by atoms with Gasteiger partial charge in [0.1, 0.15) is 4.83 Å². The molecule has 0 N–H and O–H groups in total. The fraction of sp³-hybridized carbons (Fsp3) is 0.588. The molecule has 0 unspecified atom stereocenters. The Morgan fingerprint density at radius 2 is 2.09 bits per heavy atom. The molecule has 124 valence electrons. The van der Waals surface area contributed by atoms with Gasteiger partial charge in [0, 0.05) is 26.1 Å². The number of carbonyl (C=O) groups is 1. The maximum Gasteiger partial charge on any atom is 0.262 e. The van der Waals surface area contributed by atoms with E-state index in [0.29, 0.717) is 24.4 Å². The summed E-state index contributed by atoms with van der Waals surface area (Å²) in [5.74, 6) is 0.120. The zero-order valence-corrected chi connectivity index (χ0v) is 14.3. The number of hydrogen-bond acceptors (Lipinski definition) is 4. The van der Waals surface area contributed by atoms with E-state index in [-0.39, 0.29) is 11.5 Å². The lowest BCUT2D eigenvalue weighted by Crippen LogP contribution is -2.37. The Hall–Kier alpha value is -1.69. The smallest absolute Gasteiger partial charge is 0.262 e. The van der Waals surface area contributed by atoms with Gasteiger partial charge in [-0.2, -0.15) is 0 Å². The number of fused-ring (bicyclic) bond motifs is 1. The van der Waals surface area contributed by atoms with Gasteiger partial charge < -0.3 is 4.90 Å². The highest BCUT2D eigenvalue weighted by Gasteiger charge is 2.21. The zero-order valence-electron chi connectivity index (χ0n) is 13.5. The molecule has 1 fully saturated rings. The van der Waals surface area contributed by atoms with Gasteiger partial charge in [-0.05, 0) is 24.3 Å². The average molecular weight is 333 g/mol. The van der Waals surface area contributed by atoms with Crippen molar-refractivity contribution in [2.45, 2.75) is 57.5 Å². The molecule has 1 aliphatic carbocycles. The number of aromatic nitrogens is 2. The van der Waals surface area contributed by atoms with Crippen LogP contribution in [0.2, 0.25) is 0 Å². The van der Waals surface area contributed by atoms with Gasteiger partial charge in [-0.15, -0.1) is 11.3 Å². The van der Waals surface area contributed by atoms with Crippen LogP contribution in [-0.2, 0) is 11.3 Å². The van der Waals surface area contributed by atoms with Crippen molar-refractivity contribution in [3.05, 3.63) is 28.1 Å². The van der Waals surface area contributed by atoms with E-state index < -0.39 is 0 Å². The highest BCUT2D eigenvalue weighted by Crippen LogP contribution is 2.21. The lowest BCUT2D eigenvalue weighted by molar-refractivity contribution is -0.132. The molecule has 3 rings (SSSR count). The van der Waals surface area contributed by atoms with Crippen molar-refractivity contribution in [1.82, 2.24) is 14.5 Å². The van der Waals surface area contributed by atoms with Crippen molar-refractivity contribution in [3.8, 4) is 0 Å². The van der Waals surface area contributed by atoms with Crippen LogP contribution in [0.1, 0.15) is 44.9 Å². The molecular weight excluding hydrogens is 310 g/mol. The summed E-state index contributed by atoms with van der Waals surface area (Å²) < 4.78 is 1.55. The molecule has 0 radical (unpaired) electrons. The molecule has 6 heteroatoms. The number of carbonyl (C=O) groups excluding carboxylic acids is 1. The van der Waals surface area contributed by atoms with Crippen molar-refractivity contribution >= 4 is 27.5 Å². The minimum atomic E-state index is -0.0545. The first-order chi connectivity index (χ1) is 11.2. The Morgan fingerprint density at radius 3 is 2.83 bits per heavy atom. The van der Waals surface area contributed by atoms with Gasteiger partial charge in [-0.25, -0.2) is 4.98 Å². The zero-order chi connectivity index (χ0) is 16.2. The maximum atomic E-state index is 12.4. The van der Waals surface area contributed by atoms with Gasteiger partial charge in [0.15, 0.2) is 0 Å². The second-order valence-electron chi connectivity index (χ2n) is 6.28. The average Bonchev–Trinajstić information content (AvgIpc) is 2.88. The number of thiophene rings is 1. The van der Waals surface area contributed by atoms with E-state index in [9.17, 15) is 9.59 Å². The van der Waals surface area contributed by atoms with E-state index in [0.717, 1.165) is 17.7 Å². The summed E-state index contributed by atoms with van der Waals surface area (Å²) in [5.41, 5.74) is -0.0545. The Labute approximate surface area is 139 Å². The number of hydrogen-bond donors (Lipinski definition) is 0. The number of amides is 1. The van der Waals surface area contributed by atoms with Crippen LogP contribution in [-0.4, -0.2) is 33.4 Å². The summed E-state index contributed by atoms with van der Waals surface area (Å²) in [6, 6.07) is 2.16. The van der Waals surface area contributed by atoms with E-state index >= 15 is 0 Å². The van der Waals surface area contributed by atoms with Crippen LogP contribution < -0.4 is 5.56 Å². The summed E-state index contributed by atoms with van der Waals surface area (Å²) in [6.07, 6.45) is 9.08. The Balaban J connectivity index is 1.63. The third-order valence-electron chi connectivity index (χ3n) is 4.78. The Kier molecular flexibility index (Phi) is 5.10. The second kappa shape index (κ2) is 7.25. The van der Waals surface area contributed by atoms with Gasteiger partial charge >= 0.3 is 0 Å². The fourth-order valence-electron chi connectivity index (χ4n) is 3.29. The normalized spacial score (nSPS) is 16.4. The molecule has 1 aliphatic rings. The summed E-state index contributed by atoms with van der Waals surface area (Å²) in [5, 5.41) is 2.51. The van der Waals surface area contributed by atoms with E-state index in [1.165, 1.54) is 37.0 Å². The monoisotopic (exact) mass is 333 g/mol. The molecule has 2 aromatic rings. The minimum absolute atomic E-state index is 0.0545. The minimum Gasteiger partial charge on any atom is -0.343 e. The van der Waals surface area contributed by atoms with Crippen LogP contribution in [0.4, 0.5) is 0 Å². The molecule has 0 saturated heterocycles. The molecule has 0 bridgehead atoms. The quantitative estimate of drug-likeness (QED) is 0.808. The summed E-state index contributed by atoms with van der Waals surface area (Å²) in [7, 11) is 1.90. The number of aryl methyl sites for hydroxylation is 1. The Morgan fingerprint density at radius 1 is 1.35 bits per heavy atom. The van der Waals surface area contributed by atoms with Gasteiger partial charge in [0.2, 0.25) is 5.91 Å². The van der Waals surface area contributed by atoms with Crippen molar-refractivity contribution < 1.29 is 4.79 Å². The SMILES string of the molecule is CN(C(=O)CCn1cnc2sccc2c1=O)C1CCCCCC1. The van der Waals surface area contributed by atoms with Crippen LogP contribution in [0.3, 0.4) is 0 Å². The van der Waals surface area contributed by atoms with Crippen LogP contribution in [0, 0.1) is 0 Å². The molecule has 5 nitrogen and oxygen atoms in total. The van der Waals surface area contributed by atoms with Crippen LogP contribution in [0.5, 0.6) is 0 Å². The topological polar surface area (TPSA) is 55.2 Å². The van der Waals surface area contributed by atoms with E-state index in [2.05, 4.69) is 4.98 Å². The van der Waals surface area contributed by atoms with Crippen molar-refractivity contribution in [3.63, 3.8) is 0 Å². The molecule has 23 heavy (non-hydrogen) atoms. The first kappa shape index (κ1) is 16.2. The largest absolute Gasteiger partial charge is 0.343 e. The molecule has 0 spiro atoms. The maximum absolute atomic E-state index is 12.4. The number of nitrogens with zero attached hydrogens (tertiary/aromatic N) is 3. The molecule has 1 saturated carbocycles. The van der Waals surface area contributed by atoms with E-state index in [1.807, 2.05) is 17.3 Å². The predicted molar refractivity (Wildman–Crippen MR) is 92.8 cm³/mol. The molecular formula is C17H23N3O2S. The fourth-order valence-corrected chi connectivity index (χ4v) is 4.02. The number of rotatable bonds is 4. The van der Waals surface area contributed by atoms with Crippen LogP contribution in [0.25, 0.3) is 10.2 Å². The molecule has 2 heterocycles. The summed E-state index contributed by atoms with van der Waals surface area (Å²) in [4.78, 5) is 31.7. The molecule has 1 amide bonds. The van der Waals surface area contributed by atoms with Crippen molar-refractivity contribution in [1.29, 1.82) is 0 Å². The third-order valence-corrected chi connectivity index (χ3v) is 5.60. The van der Waals surface area contributed by atoms with Gasteiger partial charge in [-0.1, -0.05) is 25.7 Å². The molecule has 0 aromatic carbocycles. The van der Waals surface area contributed by atoms with Gasteiger partial charge in [0.25, 0.3) is 5.56 Å². The molecule has 2 aromatic heterocycles. The molecule has 0 atom stereocenters. The van der Waals surface area contributed by atoms with Crippen LogP contribution in [0.15, 0.2) is 22.6 Å². The lowest BCUT2D eigenvalue weighted by Gasteiger charge is -2.27. The summed E-state index contributed by atoms with van der Waals surface area (Å²) in [6.45, 7) is 0.396. The lowest BCUT2D eigenvalue weighted by atomic mass is 10.1. The molecule has 0 aliphatic heterocycles. The second-order valence-corrected chi connectivity index (χ2v) is 7.18. The third kappa shape index (κ3) is 3.63. The van der Waals surface area contributed by atoms with Crippen molar-refractivity contribution in [2.24, 2.45) is 0 Å². The van der Waals surface area contributed by atoms with Gasteiger partial charge in [0.05, 0.1) is 11.7 Å². The van der Waals surface area contributed by atoms with Crippen molar-refractivity contribution in [2.75, 3.05) is 7.05 Å². The first-order valence-corrected chi connectivity index (χ1v) is 9.23. The standard InChI is InChI=1S/C17H23N3O2S/c1-19(13-6-4-2-3-5-7-13)15(21)8-10-20-12-18-16-14(17(20)22)9-11-23-16/h9,11-13H,2-8,10H2,1H3. The highest BCUT2D eigenvalue weighted by atomic mass is 32.1. The highest BCUT2D eigenvalue weighted by molar-refractivity contribution is 7.16.